The van der Waals surface area contributed by atoms with Crippen LogP contribution in [0, 0.1) is 5.92 Å². The van der Waals surface area contributed by atoms with Crippen molar-refractivity contribution in [3.05, 3.63) is 34.3 Å². The summed E-state index contributed by atoms with van der Waals surface area (Å²) in [7, 11) is 0. The third-order valence-electron chi connectivity index (χ3n) is 3.88. The van der Waals surface area contributed by atoms with E-state index in [1.165, 1.54) is 0 Å². The van der Waals surface area contributed by atoms with Gasteiger partial charge in [-0.3, -0.25) is 9.59 Å². The molecule has 1 aromatic carbocycles. The van der Waals surface area contributed by atoms with Crippen molar-refractivity contribution in [2.24, 2.45) is 5.92 Å². The maximum Gasteiger partial charge on any atom is 0.251 e. The number of halogens is 1. The summed E-state index contributed by atoms with van der Waals surface area (Å²) in [6, 6.07) is 6.86. The van der Waals surface area contributed by atoms with Crippen LogP contribution in [0.2, 0.25) is 0 Å². The molecule has 0 bridgehead atoms. The van der Waals surface area contributed by atoms with Crippen molar-refractivity contribution in [1.29, 1.82) is 0 Å². The van der Waals surface area contributed by atoms with Crippen molar-refractivity contribution < 1.29 is 14.7 Å². The first-order valence-electron chi connectivity index (χ1n) is 6.97. The third kappa shape index (κ3) is 3.83. The highest BCUT2D eigenvalue weighted by atomic mass is 79.9. The Balaban J connectivity index is 1.91. The van der Waals surface area contributed by atoms with Gasteiger partial charge in [-0.1, -0.05) is 28.9 Å². The molecule has 6 heteroatoms. The van der Waals surface area contributed by atoms with Crippen LogP contribution in [0.25, 0.3) is 0 Å². The summed E-state index contributed by atoms with van der Waals surface area (Å²) in [5.74, 6) is -0.140. The SMILES string of the molecule is CC1CCN(C(=O)CNC(=O)c2cccc(Br)c2)C1CO. The minimum atomic E-state index is -0.280. The van der Waals surface area contributed by atoms with E-state index >= 15 is 0 Å². The minimum absolute atomic E-state index is 0.0352. The largest absolute Gasteiger partial charge is 0.394 e. The summed E-state index contributed by atoms with van der Waals surface area (Å²) in [4.78, 5) is 25.8. The quantitative estimate of drug-likeness (QED) is 0.858. The van der Waals surface area contributed by atoms with Gasteiger partial charge in [-0.2, -0.15) is 0 Å². The van der Waals surface area contributed by atoms with Crippen LogP contribution in [0.15, 0.2) is 28.7 Å². The van der Waals surface area contributed by atoms with Crippen molar-refractivity contribution >= 4 is 27.7 Å². The van der Waals surface area contributed by atoms with Crippen LogP contribution >= 0.6 is 15.9 Å². The average molecular weight is 355 g/mol. The highest BCUT2D eigenvalue weighted by molar-refractivity contribution is 9.10. The van der Waals surface area contributed by atoms with Crippen molar-refractivity contribution in [3.63, 3.8) is 0 Å². The van der Waals surface area contributed by atoms with Gasteiger partial charge >= 0.3 is 0 Å². The standard InChI is InChI=1S/C15H19BrN2O3/c1-10-5-6-18(13(10)9-19)14(20)8-17-15(21)11-3-2-4-12(16)7-11/h2-4,7,10,13,19H,5-6,8-9H2,1H3,(H,17,21). The highest BCUT2D eigenvalue weighted by Gasteiger charge is 2.33. The van der Waals surface area contributed by atoms with E-state index in [1.807, 2.05) is 13.0 Å². The molecule has 0 saturated carbocycles. The molecule has 114 valence electrons. The lowest BCUT2D eigenvalue weighted by Gasteiger charge is -2.25. The van der Waals surface area contributed by atoms with Gasteiger partial charge in [0.15, 0.2) is 0 Å². The van der Waals surface area contributed by atoms with Crippen LogP contribution in [0.1, 0.15) is 23.7 Å². The first-order chi connectivity index (χ1) is 10.0. The Labute approximate surface area is 132 Å². The van der Waals surface area contributed by atoms with Gasteiger partial charge in [0.1, 0.15) is 0 Å². The number of likely N-dealkylation sites (tertiary alicyclic amines) is 1. The Morgan fingerprint density at radius 1 is 1.48 bits per heavy atom. The number of aliphatic hydroxyl groups is 1. The molecule has 2 unspecified atom stereocenters. The van der Waals surface area contributed by atoms with Crippen molar-refractivity contribution in [1.82, 2.24) is 10.2 Å². The van der Waals surface area contributed by atoms with Crippen LogP contribution in [-0.4, -0.2) is 47.6 Å². The number of amides is 2. The summed E-state index contributed by atoms with van der Waals surface area (Å²) in [6.07, 6.45) is 0.885. The summed E-state index contributed by atoms with van der Waals surface area (Å²) >= 11 is 3.31. The van der Waals surface area contributed by atoms with E-state index in [9.17, 15) is 14.7 Å². The first kappa shape index (κ1) is 16.0. The van der Waals surface area contributed by atoms with E-state index in [1.54, 1.807) is 23.1 Å². The number of aliphatic hydroxyl groups excluding tert-OH is 1. The fourth-order valence-electron chi connectivity index (χ4n) is 2.59. The van der Waals surface area contributed by atoms with Crippen LogP contribution < -0.4 is 5.32 Å². The third-order valence-corrected chi connectivity index (χ3v) is 4.37. The predicted molar refractivity (Wildman–Crippen MR) is 82.8 cm³/mol. The number of rotatable bonds is 4. The lowest BCUT2D eigenvalue weighted by molar-refractivity contribution is -0.132. The van der Waals surface area contributed by atoms with E-state index in [0.717, 1.165) is 10.9 Å². The zero-order valence-corrected chi connectivity index (χ0v) is 13.5. The number of carbonyl (C=O) groups is 2. The number of nitrogens with zero attached hydrogens (tertiary/aromatic N) is 1. The second-order valence-corrected chi connectivity index (χ2v) is 6.21. The van der Waals surface area contributed by atoms with E-state index in [-0.39, 0.29) is 31.0 Å². The second-order valence-electron chi connectivity index (χ2n) is 5.30. The zero-order chi connectivity index (χ0) is 15.4. The molecule has 2 rings (SSSR count). The number of hydrogen-bond acceptors (Lipinski definition) is 3. The predicted octanol–water partition coefficient (Wildman–Crippen LogP) is 1.41. The number of benzene rings is 1. The van der Waals surface area contributed by atoms with E-state index in [4.69, 9.17) is 0 Å². The molecule has 1 fully saturated rings. The van der Waals surface area contributed by atoms with Gasteiger partial charge in [0.25, 0.3) is 5.91 Å². The van der Waals surface area contributed by atoms with Gasteiger partial charge in [0.05, 0.1) is 19.2 Å². The van der Waals surface area contributed by atoms with Crippen LogP contribution in [-0.2, 0) is 4.79 Å². The molecule has 1 aliphatic heterocycles. The van der Waals surface area contributed by atoms with Crippen molar-refractivity contribution in [3.8, 4) is 0 Å². The Morgan fingerprint density at radius 3 is 2.90 bits per heavy atom. The Bertz CT molecular complexity index is 535. The van der Waals surface area contributed by atoms with Crippen molar-refractivity contribution in [2.45, 2.75) is 19.4 Å². The van der Waals surface area contributed by atoms with Crippen LogP contribution in [0.3, 0.4) is 0 Å². The maximum absolute atomic E-state index is 12.2. The van der Waals surface area contributed by atoms with Crippen LogP contribution in [0.5, 0.6) is 0 Å². The molecule has 2 atom stereocenters. The summed E-state index contributed by atoms with van der Waals surface area (Å²) in [5.41, 5.74) is 0.505. The number of hydrogen-bond donors (Lipinski definition) is 2. The molecule has 1 aromatic rings. The van der Waals surface area contributed by atoms with Crippen molar-refractivity contribution in [2.75, 3.05) is 19.7 Å². The average Bonchev–Trinajstić information content (AvgIpc) is 2.85. The molecule has 1 aliphatic rings. The van der Waals surface area contributed by atoms with E-state index < -0.39 is 0 Å². The Morgan fingerprint density at radius 2 is 2.24 bits per heavy atom. The molecule has 21 heavy (non-hydrogen) atoms. The maximum atomic E-state index is 12.2. The fourth-order valence-corrected chi connectivity index (χ4v) is 2.98. The minimum Gasteiger partial charge on any atom is -0.394 e. The molecular formula is C15H19BrN2O3. The molecule has 2 amide bonds. The fraction of sp³-hybridized carbons (Fsp3) is 0.467. The normalized spacial score (nSPS) is 21.4. The summed E-state index contributed by atoms with van der Waals surface area (Å²) < 4.78 is 0.815. The number of carbonyl (C=O) groups excluding carboxylic acids is 2. The van der Waals surface area contributed by atoms with Gasteiger partial charge in [-0.25, -0.2) is 0 Å². The summed E-state index contributed by atoms with van der Waals surface area (Å²) in [5, 5.41) is 12.0. The topological polar surface area (TPSA) is 69.6 Å². The zero-order valence-electron chi connectivity index (χ0n) is 11.9. The number of nitrogens with one attached hydrogen (secondary N) is 1. The first-order valence-corrected chi connectivity index (χ1v) is 7.76. The van der Waals surface area contributed by atoms with Gasteiger partial charge < -0.3 is 15.3 Å². The molecule has 0 aromatic heterocycles. The molecule has 1 heterocycles. The molecule has 0 radical (unpaired) electrons. The van der Waals surface area contributed by atoms with Crippen LogP contribution in [0.4, 0.5) is 0 Å². The molecule has 1 saturated heterocycles. The molecule has 0 spiro atoms. The van der Waals surface area contributed by atoms with Gasteiger partial charge in [-0.15, -0.1) is 0 Å². The van der Waals surface area contributed by atoms with E-state index in [0.29, 0.717) is 18.0 Å². The Hall–Kier alpha value is -1.40. The molecule has 2 N–H and O–H groups in total. The Kier molecular flexibility index (Phi) is 5.36. The van der Waals surface area contributed by atoms with Gasteiger partial charge in [0.2, 0.25) is 5.91 Å². The molecule has 0 aliphatic carbocycles. The van der Waals surface area contributed by atoms with E-state index in [2.05, 4.69) is 21.2 Å². The lowest BCUT2D eigenvalue weighted by atomic mass is 10.0. The smallest absolute Gasteiger partial charge is 0.251 e. The molecular weight excluding hydrogens is 336 g/mol. The summed E-state index contributed by atoms with van der Waals surface area (Å²) in [6.45, 7) is 2.58. The monoisotopic (exact) mass is 354 g/mol. The lowest BCUT2D eigenvalue weighted by Crippen LogP contribution is -2.45. The second kappa shape index (κ2) is 7.04. The highest BCUT2D eigenvalue weighted by Crippen LogP contribution is 2.23. The van der Waals surface area contributed by atoms with Gasteiger partial charge in [0, 0.05) is 16.6 Å². The molecule has 5 nitrogen and oxygen atoms in total. The van der Waals surface area contributed by atoms with Gasteiger partial charge in [-0.05, 0) is 30.5 Å².